The van der Waals surface area contributed by atoms with E-state index in [-0.39, 0.29) is 17.8 Å². The van der Waals surface area contributed by atoms with Gasteiger partial charge >= 0.3 is 5.97 Å². The molecule has 1 amide bonds. The second kappa shape index (κ2) is 10.3. The Hall–Kier alpha value is -3.74. The largest absolute Gasteiger partial charge is 0.465 e. The van der Waals surface area contributed by atoms with Crippen LogP contribution in [0.25, 0.3) is 11.1 Å². The van der Waals surface area contributed by atoms with E-state index in [0.717, 1.165) is 73.4 Å². The summed E-state index contributed by atoms with van der Waals surface area (Å²) in [6.07, 6.45) is 6.27. The number of piperidine rings is 1. The summed E-state index contributed by atoms with van der Waals surface area (Å²) in [5, 5.41) is 0. The molecule has 1 saturated heterocycles. The molecule has 0 spiro atoms. The number of hydrogen-bond acceptors (Lipinski definition) is 6. The van der Waals surface area contributed by atoms with Crippen LogP contribution in [-0.4, -0.2) is 53.0 Å². The molecule has 190 valence electrons. The first-order chi connectivity index (χ1) is 18.2. The van der Waals surface area contributed by atoms with Crippen molar-refractivity contribution < 1.29 is 14.3 Å². The molecule has 3 aliphatic rings. The Morgan fingerprint density at radius 3 is 2.32 bits per heavy atom. The highest BCUT2D eigenvalue weighted by atomic mass is 16.5. The van der Waals surface area contributed by atoms with Gasteiger partial charge in [-0.25, -0.2) is 9.97 Å². The average molecular weight is 497 g/mol. The summed E-state index contributed by atoms with van der Waals surface area (Å²) in [5.41, 5.74) is 5.03. The van der Waals surface area contributed by atoms with Gasteiger partial charge in [0.15, 0.2) is 0 Å². The normalized spacial score (nSPS) is 17.8. The quantitative estimate of drug-likeness (QED) is 0.468. The summed E-state index contributed by atoms with van der Waals surface area (Å²) in [6, 6.07) is 18.1. The number of ether oxygens (including phenoxy) is 1. The Labute approximate surface area is 217 Å². The van der Waals surface area contributed by atoms with Gasteiger partial charge in [-0.3, -0.25) is 9.59 Å². The molecule has 0 unspecified atom stereocenters. The van der Waals surface area contributed by atoms with E-state index < -0.39 is 0 Å². The predicted molar refractivity (Wildman–Crippen MR) is 141 cm³/mol. The lowest BCUT2D eigenvalue weighted by atomic mass is 9.96. The van der Waals surface area contributed by atoms with Crippen LogP contribution in [0.15, 0.2) is 60.9 Å². The molecule has 2 aliphatic heterocycles. The predicted octanol–water partition coefficient (Wildman–Crippen LogP) is 4.51. The fraction of sp³-hybridized carbons (Fsp3) is 0.400. The number of hydrogen-bond donors (Lipinski definition) is 0. The van der Waals surface area contributed by atoms with E-state index >= 15 is 0 Å². The molecule has 1 aliphatic carbocycles. The van der Waals surface area contributed by atoms with Crippen LogP contribution in [0.5, 0.6) is 0 Å². The van der Waals surface area contributed by atoms with Crippen LogP contribution in [0.1, 0.15) is 47.3 Å². The Kier molecular flexibility index (Phi) is 6.60. The number of fused-ring (bicyclic) bond motifs is 1. The highest BCUT2D eigenvalue weighted by molar-refractivity contribution is 5.95. The number of carbonyl (C=O) groups excluding carboxylic acids is 2. The van der Waals surface area contributed by atoms with Crippen molar-refractivity contribution in [2.45, 2.75) is 38.6 Å². The number of amides is 1. The molecule has 1 aromatic heterocycles. The first-order valence-corrected chi connectivity index (χ1v) is 13.3. The summed E-state index contributed by atoms with van der Waals surface area (Å²) in [5.74, 6) is 1.51. The molecule has 6 rings (SSSR count). The fourth-order valence-electron chi connectivity index (χ4n) is 5.34. The Bertz CT molecular complexity index is 1270. The zero-order valence-corrected chi connectivity index (χ0v) is 21.0. The molecule has 0 radical (unpaired) electrons. The average Bonchev–Trinajstić information content (AvgIpc) is 3.82. The highest BCUT2D eigenvalue weighted by Crippen LogP contribution is 2.32. The van der Waals surface area contributed by atoms with Crippen LogP contribution in [0.3, 0.4) is 0 Å². The van der Waals surface area contributed by atoms with E-state index in [1.54, 1.807) is 6.33 Å². The minimum atomic E-state index is -0.0215. The van der Waals surface area contributed by atoms with Crippen molar-refractivity contribution in [2.24, 2.45) is 11.8 Å². The number of aromatic nitrogens is 2. The molecular formula is C30H32N4O3. The lowest BCUT2D eigenvalue weighted by molar-refractivity contribution is -0.146. The first-order valence-electron chi connectivity index (χ1n) is 13.3. The van der Waals surface area contributed by atoms with Gasteiger partial charge < -0.3 is 14.5 Å². The monoisotopic (exact) mass is 496 g/mol. The smallest absolute Gasteiger partial charge is 0.308 e. The molecule has 37 heavy (non-hydrogen) atoms. The molecular weight excluding hydrogens is 464 g/mol. The molecule has 7 heteroatoms. The zero-order chi connectivity index (χ0) is 25.2. The van der Waals surface area contributed by atoms with E-state index in [1.165, 1.54) is 0 Å². The molecule has 2 fully saturated rings. The number of nitrogens with zero attached hydrogens (tertiary/aromatic N) is 4. The first kappa shape index (κ1) is 23.6. The molecule has 1 saturated carbocycles. The van der Waals surface area contributed by atoms with Crippen LogP contribution in [0, 0.1) is 11.8 Å². The number of carbonyl (C=O) groups is 2. The van der Waals surface area contributed by atoms with Crippen molar-refractivity contribution in [1.29, 1.82) is 0 Å². The third kappa shape index (κ3) is 5.22. The van der Waals surface area contributed by atoms with E-state index in [2.05, 4.69) is 27.0 Å². The summed E-state index contributed by atoms with van der Waals surface area (Å²) in [7, 11) is 0. The third-order valence-corrected chi connectivity index (χ3v) is 7.79. The SMILES string of the molecule is O=C(OCC1CCN(c2ncnc3c2CN(C(=O)c2ccc(-c4ccccc4)cc2)CC3)CC1)C1CC1. The van der Waals surface area contributed by atoms with Gasteiger partial charge in [-0.05, 0) is 54.9 Å². The lowest BCUT2D eigenvalue weighted by Crippen LogP contribution is -2.40. The van der Waals surface area contributed by atoms with Crippen LogP contribution in [0.4, 0.5) is 5.82 Å². The van der Waals surface area contributed by atoms with Gasteiger partial charge in [0.1, 0.15) is 12.1 Å². The van der Waals surface area contributed by atoms with Gasteiger partial charge in [-0.2, -0.15) is 0 Å². The van der Waals surface area contributed by atoms with Crippen LogP contribution >= 0.6 is 0 Å². The van der Waals surface area contributed by atoms with E-state index in [9.17, 15) is 9.59 Å². The Morgan fingerprint density at radius 2 is 1.59 bits per heavy atom. The second-order valence-corrected chi connectivity index (χ2v) is 10.4. The summed E-state index contributed by atoms with van der Waals surface area (Å²) >= 11 is 0. The molecule has 0 atom stereocenters. The molecule has 2 aromatic carbocycles. The van der Waals surface area contributed by atoms with Gasteiger partial charge in [0.2, 0.25) is 0 Å². The third-order valence-electron chi connectivity index (χ3n) is 7.79. The van der Waals surface area contributed by atoms with Gasteiger partial charge in [0.25, 0.3) is 5.91 Å². The van der Waals surface area contributed by atoms with Crippen molar-refractivity contribution in [3.8, 4) is 11.1 Å². The highest BCUT2D eigenvalue weighted by Gasteiger charge is 2.33. The van der Waals surface area contributed by atoms with Crippen LogP contribution in [0.2, 0.25) is 0 Å². The molecule has 3 aromatic rings. The van der Waals surface area contributed by atoms with Crippen molar-refractivity contribution >= 4 is 17.7 Å². The second-order valence-electron chi connectivity index (χ2n) is 10.4. The van der Waals surface area contributed by atoms with Gasteiger partial charge in [-0.15, -0.1) is 0 Å². The number of rotatable bonds is 6. The van der Waals surface area contributed by atoms with E-state index in [1.807, 2.05) is 47.4 Å². The number of benzene rings is 2. The summed E-state index contributed by atoms with van der Waals surface area (Å²) < 4.78 is 5.52. The maximum atomic E-state index is 13.4. The van der Waals surface area contributed by atoms with Crippen molar-refractivity contribution in [2.75, 3.05) is 31.1 Å². The van der Waals surface area contributed by atoms with Crippen LogP contribution < -0.4 is 4.90 Å². The Balaban J connectivity index is 1.11. The number of esters is 1. The van der Waals surface area contributed by atoms with Crippen molar-refractivity contribution in [1.82, 2.24) is 14.9 Å². The minimum Gasteiger partial charge on any atom is -0.465 e. The standard InChI is InChI=1S/C30H32N4O3/c35-29(24-8-6-23(7-9-24)22-4-2-1-3-5-22)34-17-14-27-26(18-34)28(32-20-31-27)33-15-12-21(13-16-33)19-37-30(36)25-10-11-25/h1-9,20-21,25H,10-19H2. The Morgan fingerprint density at radius 1 is 0.865 bits per heavy atom. The van der Waals surface area contributed by atoms with Crippen molar-refractivity contribution in [3.63, 3.8) is 0 Å². The van der Waals surface area contributed by atoms with E-state index in [4.69, 9.17) is 4.74 Å². The van der Waals surface area contributed by atoms with Gasteiger partial charge in [0, 0.05) is 37.2 Å². The van der Waals surface area contributed by atoms with Crippen LogP contribution in [-0.2, 0) is 22.5 Å². The molecule has 3 heterocycles. The van der Waals surface area contributed by atoms with Gasteiger partial charge in [0.05, 0.1) is 24.8 Å². The topological polar surface area (TPSA) is 75.6 Å². The molecule has 0 N–H and O–H groups in total. The maximum absolute atomic E-state index is 13.4. The van der Waals surface area contributed by atoms with Crippen molar-refractivity contribution in [3.05, 3.63) is 77.7 Å². The van der Waals surface area contributed by atoms with E-state index in [0.29, 0.717) is 31.2 Å². The maximum Gasteiger partial charge on any atom is 0.308 e. The fourth-order valence-corrected chi connectivity index (χ4v) is 5.34. The number of anilines is 1. The minimum absolute atomic E-state index is 0.0215. The zero-order valence-electron chi connectivity index (χ0n) is 21.0. The molecule has 0 bridgehead atoms. The summed E-state index contributed by atoms with van der Waals surface area (Å²) in [4.78, 5) is 38.7. The molecule has 7 nitrogen and oxygen atoms in total. The lowest BCUT2D eigenvalue weighted by Gasteiger charge is -2.36. The van der Waals surface area contributed by atoms with Gasteiger partial charge in [-0.1, -0.05) is 42.5 Å². The summed E-state index contributed by atoms with van der Waals surface area (Å²) in [6.45, 7) is 3.42.